The zero-order valence-electron chi connectivity index (χ0n) is 19.7. The van der Waals surface area contributed by atoms with Crippen LogP contribution in [-0.4, -0.2) is 54.8 Å². The molecule has 0 fully saturated rings. The van der Waals surface area contributed by atoms with Crippen molar-refractivity contribution in [3.63, 3.8) is 0 Å². The molecule has 0 saturated heterocycles. The Morgan fingerprint density at radius 3 is 2.16 bits per heavy atom. The number of hydrogen-bond acceptors (Lipinski definition) is 4. The van der Waals surface area contributed by atoms with Gasteiger partial charge in [0, 0.05) is 49.3 Å². The maximum Gasteiger partial charge on any atom is 0.253 e. The molecular formula is C24H40N4O3. The highest BCUT2D eigenvalue weighted by Gasteiger charge is 2.19. The molecule has 0 aliphatic carbocycles. The summed E-state index contributed by atoms with van der Waals surface area (Å²) < 4.78 is 0. The summed E-state index contributed by atoms with van der Waals surface area (Å²) >= 11 is 0. The molecular weight excluding hydrogens is 392 g/mol. The summed E-state index contributed by atoms with van der Waals surface area (Å²) in [5.74, 6) is -0.196. The molecule has 0 aromatic heterocycles. The molecule has 7 nitrogen and oxygen atoms in total. The van der Waals surface area contributed by atoms with Crippen molar-refractivity contribution in [2.24, 2.45) is 17.6 Å². The van der Waals surface area contributed by atoms with Crippen LogP contribution in [0.5, 0.6) is 0 Å². The number of nitrogens with one attached hydrogen (secondary N) is 2. The zero-order chi connectivity index (χ0) is 23.4. The monoisotopic (exact) mass is 432 g/mol. The Morgan fingerprint density at radius 2 is 1.58 bits per heavy atom. The minimum atomic E-state index is -0.335. The first-order valence-corrected chi connectivity index (χ1v) is 11.4. The van der Waals surface area contributed by atoms with Gasteiger partial charge in [0.25, 0.3) is 11.8 Å². The van der Waals surface area contributed by atoms with E-state index in [1.54, 1.807) is 24.3 Å². The molecule has 1 aromatic carbocycles. The van der Waals surface area contributed by atoms with Crippen molar-refractivity contribution in [3.05, 3.63) is 35.4 Å². The third kappa shape index (κ3) is 9.51. The third-order valence-electron chi connectivity index (χ3n) is 4.96. The molecule has 0 bridgehead atoms. The van der Waals surface area contributed by atoms with E-state index in [2.05, 4.69) is 10.6 Å². The highest BCUT2D eigenvalue weighted by atomic mass is 16.2. The van der Waals surface area contributed by atoms with Gasteiger partial charge in [0.15, 0.2) is 0 Å². The molecule has 4 N–H and O–H groups in total. The van der Waals surface area contributed by atoms with E-state index in [0.717, 1.165) is 12.8 Å². The molecule has 3 amide bonds. The zero-order valence-corrected chi connectivity index (χ0v) is 19.7. The van der Waals surface area contributed by atoms with Crippen LogP contribution >= 0.6 is 0 Å². The van der Waals surface area contributed by atoms with Crippen molar-refractivity contribution in [1.82, 2.24) is 15.5 Å². The quantitative estimate of drug-likeness (QED) is 0.446. The summed E-state index contributed by atoms with van der Waals surface area (Å²) in [6.45, 7) is 12.3. The lowest BCUT2D eigenvalue weighted by Gasteiger charge is -2.21. The van der Waals surface area contributed by atoms with Crippen molar-refractivity contribution in [2.45, 2.75) is 59.9 Å². The van der Waals surface area contributed by atoms with Gasteiger partial charge in [-0.05, 0) is 43.4 Å². The molecule has 7 heteroatoms. The molecule has 0 spiro atoms. The Kier molecular flexibility index (Phi) is 11.9. The minimum absolute atomic E-state index is 0.0228. The number of nitrogens with two attached hydrogens (primary N) is 1. The van der Waals surface area contributed by atoms with Gasteiger partial charge in [-0.25, -0.2) is 0 Å². The fraction of sp³-hybridized carbons (Fsp3) is 0.625. The van der Waals surface area contributed by atoms with Gasteiger partial charge >= 0.3 is 0 Å². The van der Waals surface area contributed by atoms with Crippen molar-refractivity contribution in [3.8, 4) is 0 Å². The Labute approximate surface area is 187 Å². The van der Waals surface area contributed by atoms with Crippen LogP contribution < -0.4 is 16.4 Å². The number of nitrogens with zero attached hydrogens (tertiary/aromatic N) is 1. The van der Waals surface area contributed by atoms with Gasteiger partial charge in [-0.3, -0.25) is 14.4 Å². The van der Waals surface area contributed by atoms with E-state index in [0.29, 0.717) is 43.1 Å². The Morgan fingerprint density at radius 1 is 0.968 bits per heavy atom. The highest BCUT2D eigenvalue weighted by Crippen LogP contribution is 2.11. The molecule has 0 aliphatic rings. The maximum atomic E-state index is 12.8. The van der Waals surface area contributed by atoms with Crippen LogP contribution in [0.3, 0.4) is 0 Å². The molecule has 2 unspecified atom stereocenters. The van der Waals surface area contributed by atoms with Crippen LogP contribution in [0, 0.1) is 11.8 Å². The number of benzene rings is 1. The fourth-order valence-electron chi connectivity index (χ4n) is 3.28. The molecule has 0 radical (unpaired) electrons. The smallest absolute Gasteiger partial charge is 0.253 e. The topological polar surface area (TPSA) is 105 Å². The lowest BCUT2D eigenvalue weighted by atomic mass is 10.0. The standard InChI is InChI=1S/C24H40N4O3/c1-6-11-28(12-7-2)24(31)20-10-8-9-19(14-20)23(30)27-16-21(25)13-18(5)22(29)26-15-17(3)4/h8-10,14,17-18,21H,6-7,11-13,15-16,25H2,1-5H3,(H,26,29)(H,27,30). The van der Waals surface area contributed by atoms with Crippen molar-refractivity contribution in [2.75, 3.05) is 26.2 Å². The van der Waals surface area contributed by atoms with E-state index in [-0.39, 0.29) is 36.2 Å². The highest BCUT2D eigenvalue weighted by molar-refractivity contribution is 5.99. The summed E-state index contributed by atoms with van der Waals surface area (Å²) in [6.07, 6.45) is 2.25. The summed E-state index contributed by atoms with van der Waals surface area (Å²) in [7, 11) is 0. The second-order valence-corrected chi connectivity index (χ2v) is 8.62. The van der Waals surface area contributed by atoms with E-state index >= 15 is 0 Å². The Bertz CT molecular complexity index is 715. The number of carbonyl (C=O) groups excluding carboxylic acids is 3. The predicted octanol–water partition coefficient (Wildman–Crippen LogP) is 2.80. The predicted molar refractivity (Wildman–Crippen MR) is 125 cm³/mol. The summed E-state index contributed by atoms with van der Waals surface area (Å²) in [5.41, 5.74) is 7.06. The number of amides is 3. The first-order chi connectivity index (χ1) is 14.7. The molecule has 0 heterocycles. The van der Waals surface area contributed by atoms with Crippen molar-refractivity contribution in [1.29, 1.82) is 0 Å². The van der Waals surface area contributed by atoms with Gasteiger partial charge in [0.1, 0.15) is 0 Å². The van der Waals surface area contributed by atoms with Crippen molar-refractivity contribution >= 4 is 17.7 Å². The average Bonchev–Trinajstić information content (AvgIpc) is 2.75. The summed E-state index contributed by atoms with van der Waals surface area (Å²) in [4.78, 5) is 39.3. The van der Waals surface area contributed by atoms with E-state index in [1.807, 2.05) is 39.5 Å². The number of rotatable bonds is 13. The van der Waals surface area contributed by atoms with Crippen LogP contribution in [0.2, 0.25) is 0 Å². The van der Waals surface area contributed by atoms with Gasteiger partial charge in [-0.15, -0.1) is 0 Å². The number of carbonyl (C=O) groups is 3. The molecule has 174 valence electrons. The molecule has 1 aromatic rings. The summed E-state index contributed by atoms with van der Waals surface area (Å²) in [5, 5.41) is 5.72. The molecule has 0 saturated carbocycles. The maximum absolute atomic E-state index is 12.8. The molecule has 2 atom stereocenters. The van der Waals surface area contributed by atoms with Crippen LogP contribution in [0.25, 0.3) is 0 Å². The van der Waals surface area contributed by atoms with Crippen LogP contribution in [0.15, 0.2) is 24.3 Å². The van der Waals surface area contributed by atoms with Gasteiger partial charge in [-0.2, -0.15) is 0 Å². The lowest BCUT2D eigenvalue weighted by Crippen LogP contribution is -2.41. The fourth-order valence-corrected chi connectivity index (χ4v) is 3.28. The first kappa shape index (κ1) is 26.6. The normalized spacial score (nSPS) is 12.9. The largest absolute Gasteiger partial charge is 0.356 e. The number of hydrogen-bond donors (Lipinski definition) is 3. The Balaban J connectivity index is 2.63. The van der Waals surface area contributed by atoms with E-state index in [1.165, 1.54) is 0 Å². The van der Waals surface area contributed by atoms with E-state index in [4.69, 9.17) is 5.73 Å². The van der Waals surface area contributed by atoms with E-state index in [9.17, 15) is 14.4 Å². The molecule has 1 rings (SSSR count). The lowest BCUT2D eigenvalue weighted by molar-refractivity contribution is -0.124. The van der Waals surface area contributed by atoms with Gasteiger partial charge < -0.3 is 21.3 Å². The molecule has 31 heavy (non-hydrogen) atoms. The van der Waals surface area contributed by atoms with Crippen LogP contribution in [0.4, 0.5) is 0 Å². The third-order valence-corrected chi connectivity index (χ3v) is 4.96. The Hall–Kier alpha value is -2.41. The minimum Gasteiger partial charge on any atom is -0.356 e. The summed E-state index contributed by atoms with van der Waals surface area (Å²) in [6, 6.07) is 6.44. The average molecular weight is 433 g/mol. The van der Waals surface area contributed by atoms with Crippen LogP contribution in [-0.2, 0) is 4.79 Å². The van der Waals surface area contributed by atoms with E-state index < -0.39 is 0 Å². The van der Waals surface area contributed by atoms with Gasteiger partial charge in [0.05, 0.1) is 0 Å². The first-order valence-electron chi connectivity index (χ1n) is 11.4. The molecule has 0 aliphatic heterocycles. The second kappa shape index (κ2) is 13.8. The second-order valence-electron chi connectivity index (χ2n) is 8.62. The SMILES string of the molecule is CCCN(CCC)C(=O)c1cccc(C(=O)NCC(N)CC(C)C(=O)NCC(C)C)c1. The van der Waals surface area contributed by atoms with Crippen LogP contribution in [0.1, 0.15) is 74.6 Å². The van der Waals surface area contributed by atoms with Gasteiger partial charge in [-0.1, -0.05) is 40.7 Å². The van der Waals surface area contributed by atoms with Crippen molar-refractivity contribution < 1.29 is 14.4 Å². The van der Waals surface area contributed by atoms with Gasteiger partial charge in [0.2, 0.25) is 5.91 Å².